The van der Waals surface area contributed by atoms with E-state index in [0.717, 1.165) is 18.4 Å². The fourth-order valence-corrected chi connectivity index (χ4v) is 2.40. The molecule has 0 bridgehead atoms. The first kappa shape index (κ1) is 15.5. The molecule has 1 saturated carbocycles. The van der Waals surface area contributed by atoms with Crippen molar-refractivity contribution in [1.29, 1.82) is 0 Å². The molecule has 2 nitrogen and oxygen atoms in total. The molecule has 0 aliphatic heterocycles. The SMILES string of the molecule is CCOc1c(F)cc([C@H](N)C2CCC2)cc1Cl.Cl. The molecule has 5 heteroatoms. The quantitative estimate of drug-likeness (QED) is 0.907. The van der Waals surface area contributed by atoms with Crippen LogP contribution in [0.15, 0.2) is 12.1 Å². The second kappa shape index (κ2) is 6.60. The number of benzene rings is 1. The number of halogens is 3. The molecule has 0 saturated heterocycles. The molecule has 2 N–H and O–H groups in total. The van der Waals surface area contributed by atoms with Crippen LogP contribution in [0.2, 0.25) is 5.02 Å². The minimum atomic E-state index is -0.427. The largest absolute Gasteiger partial charge is 0.489 e. The first-order chi connectivity index (χ1) is 8.13. The zero-order valence-electron chi connectivity index (χ0n) is 10.3. The monoisotopic (exact) mass is 293 g/mol. The Morgan fingerprint density at radius 2 is 2.17 bits per heavy atom. The van der Waals surface area contributed by atoms with E-state index in [1.54, 1.807) is 13.0 Å². The fourth-order valence-electron chi connectivity index (χ4n) is 2.13. The molecule has 1 fully saturated rings. The maximum absolute atomic E-state index is 13.8. The molecule has 0 aromatic heterocycles. The van der Waals surface area contributed by atoms with Crippen LogP contribution in [-0.2, 0) is 0 Å². The Hall–Kier alpha value is -0.510. The molecular weight excluding hydrogens is 276 g/mol. The normalized spacial score (nSPS) is 16.7. The average molecular weight is 294 g/mol. The highest BCUT2D eigenvalue weighted by atomic mass is 35.5. The molecule has 1 aliphatic carbocycles. The lowest BCUT2D eigenvalue weighted by molar-refractivity contribution is 0.263. The van der Waals surface area contributed by atoms with Crippen molar-refractivity contribution in [2.24, 2.45) is 11.7 Å². The molecule has 2 rings (SSSR count). The minimum absolute atomic E-state index is 0. The molecule has 0 spiro atoms. The molecule has 1 aliphatic rings. The van der Waals surface area contributed by atoms with Gasteiger partial charge in [-0.05, 0) is 43.4 Å². The third kappa shape index (κ3) is 3.08. The van der Waals surface area contributed by atoms with Crippen LogP contribution in [0.3, 0.4) is 0 Å². The molecule has 0 amide bonds. The third-order valence-electron chi connectivity index (χ3n) is 3.35. The number of rotatable bonds is 4. The highest BCUT2D eigenvalue weighted by molar-refractivity contribution is 6.32. The number of ether oxygens (including phenoxy) is 1. The lowest BCUT2D eigenvalue weighted by Gasteiger charge is -2.31. The lowest BCUT2D eigenvalue weighted by atomic mass is 9.77. The van der Waals surface area contributed by atoms with Crippen molar-refractivity contribution < 1.29 is 9.13 Å². The smallest absolute Gasteiger partial charge is 0.173 e. The Labute approximate surface area is 118 Å². The van der Waals surface area contributed by atoms with Crippen molar-refractivity contribution in [3.63, 3.8) is 0 Å². The maximum Gasteiger partial charge on any atom is 0.173 e. The molecule has 1 aromatic rings. The highest BCUT2D eigenvalue weighted by Crippen LogP contribution is 2.39. The van der Waals surface area contributed by atoms with E-state index in [1.165, 1.54) is 12.5 Å². The van der Waals surface area contributed by atoms with Crippen LogP contribution in [0, 0.1) is 11.7 Å². The summed E-state index contributed by atoms with van der Waals surface area (Å²) in [7, 11) is 0. The molecule has 0 radical (unpaired) electrons. The fraction of sp³-hybridized carbons (Fsp3) is 0.538. The second-order valence-electron chi connectivity index (χ2n) is 4.46. The van der Waals surface area contributed by atoms with Crippen molar-refractivity contribution in [2.45, 2.75) is 32.2 Å². The van der Waals surface area contributed by atoms with Crippen LogP contribution >= 0.6 is 24.0 Å². The summed E-state index contributed by atoms with van der Waals surface area (Å²) in [6.07, 6.45) is 3.45. The van der Waals surface area contributed by atoms with Gasteiger partial charge in [0.1, 0.15) is 0 Å². The van der Waals surface area contributed by atoms with Crippen molar-refractivity contribution in [3.05, 3.63) is 28.5 Å². The van der Waals surface area contributed by atoms with Gasteiger partial charge in [0.25, 0.3) is 0 Å². The van der Waals surface area contributed by atoms with Gasteiger partial charge in [-0.3, -0.25) is 0 Å². The van der Waals surface area contributed by atoms with Crippen LogP contribution in [0.4, 0.5) is 4.39 Å². The zero-order chi connectivity index (χ0) is 12.4. The zero-order valence-corrected chi connectivity index (χ0v) is 11.9. The highest BCUT2D eigenvalue weighted by Gasteiger charge is 2.26. The van der Waals surface area contributed by atoms with Gasteiger partial charge in [0, 0.05) is 6.04 Å². The molecule has 0 heterocycles. The molecule has 18 heavy (non-hydrogen) atoms. The molecule has 0 unspecified atom stereocenters. The topological polar surface area (TPSA) is 35.2 Å². The van der Waals surface area contributed by atoms with Gasteiger partial charge in [-0.15, -0.1) is 12.4 Å². The van der Waals surface area contributed by atoms with Gasteiger partial charge in [-0.25, -0.2) is 4.39 Å². The Morgan fingerprint density at radius 1 is 1.50 bits per heavy atom. The van der Waals surface area contributed by atoms with E-state index in [-0.39, 0.29) is 24.2 Å². The summed E-state index contributed by atoms with van der Waals surface area (Å²) in [5.41, 5.74) is 6.86. The molecular formula is C13H18Cl2FNO. The van der Waals surface area contributed by atoms with Gasteiger partial charge < -0.3 is 10.5 Å². The lowest BCUT2D eigenvalue weighted by Crippen LogP contribution is -2.26. The first-order valence-electron chi connectivity index (χ1n) is 6.00. The summed E-state index contributed by atoms with van der Waals surface area (Å²) in [6.45, 7) is 2.19. The predicted molar refractivity (Wildman–Crippen MR) is 74.1 cm³/mol. The summed E-state index contributed by atoms with van der Waals surface area (Å²) < 4.78 is 18.9. The second-order valence-corrected chi connectivity index (χ2v) is 4.87. The van der Waals surface area contributed by atoms with Crippen LogP contribution < -0.4 is 10.5 Å². The van der Waals surface area contributed by atoms with E-state index >= 15 is 0 Å². The van der Waals surface area contributed by atoms with Crippen LogP contribution in [-0.4, -0.2) is 6.61 Å². The van der Waals surface area contributed by atoms with E-state index in [9.17, 15) is 4.39 Å². The third-order valence-corrected chi connectivity index (χ3v) is 3.63. The predicted octanol–water partition coefficient (Wildman–Crippen LogP) is 4.10. The van der Waals surface area contributed by atoms with Gasteiger partial charge >= 0.3 is 0 Å². The summed E-state index contributed by atoms with van der Waals surface area (Å²) in [4.78, 5) is 0. The van der Waals surface area contributed by atoms with E-state index in [1.807, 2.05) is 0 Å². The van der Waals surface area contributed by atoms with Crippen molar-refractivity contribution in [3.8, 4) is 5.75 Å². The van der Waals surface area contributed by atoms with Crippen molar-refractivity contribution in [1.82, 2.24) is 0 Å². The molecule has 102 valence electrons. The van der Waals surface area contributed by atoms with Gasteiger partial charge in [0.15, 0.2) is 11.6 Å². The molecule has 1 aromatic carbocycles. The first-order valence-corrected chi connectivity index (χ1v) is 6.38. The minimum Gasteiger partial charge on any atom is -0.489 e. The Morgan fingerprint density at radius 3 is 2.61 bits per heavy atom. The van der Waals surface area contributed by atoms with Gasteiger partial charge in [-0.1, -0.05) is 18.0 Å². The number of hydrogen-bond acceptors (Lipinski definition) is 2. The standard InChI is InChI=1S/C13H17ClFNO.ClH/c1-2-17-13-10(14)6-9(7-11(13)15)12(16)8-4-3-5-8;/h6-8,12H,2-5,16H2,1H3;1H/t12-;/m1./s1. The van der Waals surface area contributed by atoms with Crippen molar-refractivity contribution >= 4 is 24.0 Å². The number of hydrogen-bond donors (Lipinski definition) is 1. The van der Waals surface area contributed by atoms with Crippen LogP contribution in [0.1, 0.15) is 37.8 Å². The Kier molecular flexibility index (Phi) is 5.70. The van der Waals surface area contributed by atoms with Gasteiger partial charge in [0.2, 0.25) is 0 Å². The van der Waals surface area contributed by atoms with Gasteiger partial charge in [-0.2, -0.15) is 0 Å². The summed E-state index contributed by atoms with van der Waals surface area (Å²) in [6, 6.07) is 3.05. The van der Waals surface area contributed by atoms with Crippen LogP contribution in [0.25, 0.3) is 0 Å². The number of nitrogens with two attached hydrogens (primary N) is 1. The van der Waals surface area contributed by atoms with Crippen molar-refractivity contribution in [2.75, 3.05) is 6.61 Å². The van der Waals surface area contributed by atoms with E-state index in [0.29, 0.717) is 17.5 Å². The average Bonchev–Trinajstić information content (AvgIpc) is 2.20. The summed E-state index contributed by atoms with van der Waals surface area (Å²) in [5, 5.41) is 0.302. The van der Waals surface area contributed by atoms with E-state index in [2.05, 4.69) is 0 Å². The Balaban J connectivity index is 0.00000162. The van der Waals surface area contributed by atoms with E-state index in [4.69, 9.17) is 22.1 Å². The van der Waals surface area contributed by atoms with Crippen LogP contribution in [0.5, 0.6) is 5.75 Å². The Bertz CT molecular complexity index is 387. The van der Waals surface area contributed by atoms with Gasteiger partial charge in [0.05, 0.1) is 11.6 Å². The maximum atomic E-state index is 13.8. The van der Waals surface area contributed by atoms with E-state index < -0.39 is 5.82 Å². The molecule has 1 atom stereocenters. The summed E-state index contributed by atoms with van der Waals surface area (Å²) >= 11 is 6.00. The summed E-state index contributed by atoms with van der Waals surface area (Å²) in [5.74, 6) is 0.159.